The van der Waals surface area contributed by atoms with Gasteiger partial charge >= 0.3 is 5.97 Å². The summed E-state index contributed by atoms with van der Waals surface area (Å²) in [5, 5.41) is 4.64. The van der Waals surface area contributed by atoms with Crippen molar-refractivity contribution >= 4 is 16.9 Å². The van der Waals surface area contributed by atoms with Crippen molar-refractivity contribution in [2.75, 3.05) is 13.7 Å². The summed E-state index contributed by atoms with van der Waals surface area (Å²) in [6.45, 7) is 0.905. The van der Waals surface area contributed by atoms with Gasteiger partial charge in [0.2, 0.25) is 0 Å². The molecular formula is C19H26N2O2. The molecular weight excluding hydrogens is 288 g/mol. The van der Waals surface area contributed by atoms with Gasteiger partial charge in [-0.25, -0.2) is 0 Å². The number of aromatic amines is 1. The first-order valence-corrected chi connectivity index (χ1v) is 8.64. The fourth-order valence-corrected chi connectivity index (χ4v) is 3.60. The number of benzene rings is 1. The van der Waals surface area contributed by atoms with Gasteiger partial charge in [0.1, 0.15) is 6.04 Å². The van der Waals surface area contributed by atoms with Gasteiger partial charge in [0.05, 0.1) is 7.11 Å². The minimum atomic E-state index is -0.277. The largest absolute Gasteiger partial charge is 0.468 e. The maximum absolute atomic E-state index is 12.2. The third-order valence-corrected chi connectivity index (χ3v) is 4.96. The lowest BCUT2D eigenvalue weighted by Gasteiger charge is -2.24. The first kappa shape index (κ1) is 16.1. The molecule has 23 heavy (non-hydrogen) atoms. The van der Waals surface area contributed by atoms with Crippen molar-refractivity contribution < 1.29 is 9.53 Å². The van der Waals surface area contributed by atoms with Crippen molar-refractivity contribution in [1.82, 2.24) is 10.3 Å². The van der Waals surface area contributed by atoms with Crippen LogP contribution in [0.15, 0.2) is 30.5 Å². The van der Waals surface area contributed by atoms with Gasteiger partial charge < -0.3 is 15.0 Å². The summed E-state index contributed by atoms with van der Waals surface area (Å²) in [6, 6.07) is 7.92. The zero-order valence-corrected chi connectivity index (χ0v) is 13.8. The highest BCUT2D eigenvalue weighted by Gasteiger charge is 2.22. The van der Waals surface area contributed by atoms with Gasteiger partial charge in [-0.05, 0) is 36.9 Å². The third kappa shape index (κ3) is 3.94. The molecule has 124 valence electrons. The minimum absolute atomic E-state index is 0.175. The van der Waals surface area contributed by atoms with Crippen LogP contribution in [0.1, 0.15) is 37.7 Å². The number of esters is 1. The van der Waals surface area contributed by atoms with Crippen LogP contribution < -0.4 is 5.32 Å². The van der Waals surface area contributed by atoms with Gasteiger partial charge in [-0.15, -0.1) is 0 Å². The van der Waals surface area contributed by atoms with Crippen molar-refractivity contribution in [3.63, 3.8) is 0 Å². The molecule has 0 aliphatic heterocycles. The smallest absolute Gasteiger partial charge is 0.323 e. The predicted octanol–water partition coefficient (Wildman–Crippen LogP) is 3.42. The molecule has 1 saturated carbocycles. The minimum Gasteiger partial charge on any atom is -0.468 e. The summed E-state index contributed by atoms with van der Waals surface area (Å²) in [5.41, 5.74) is 2.27. The topological polar surface area (TPSA) is 54.1 Å². The summed E-state index contributed by atoms with van der Waals surface area (Å²) in [5.74, 6) is 0.518. The normalized spacial score (nSPS) is 17.3. The van der Waals surface area contributed by atoms with E-state index in [-0.39, 0.29) is 12.0 Å². The first-order valence-electron chi connectivity index (χ1n) is 8.64. The molecule has 1 fully saturated rings. The standard InChI is InChI=1S/C19H26N2O2/c1-23-19(22)18(20-12-14-7-3-2-4-8-14)11-15-13-21-17-10-6-5-9-16(15)17/h5-6,9-10,13-14,18,20-21H,2-4,7-8,11-12H2,1H3/t18-/m0/s1. The van der Waals surface area contributed by atoms with Crippen molar-refractivity contribution in [1.29, 1.82) is 0 Å². The number of carbonyl (C=O) groups is 1. The molecule has 2 N–H and O–H groups in total. The number of carbonyl (C=O) groups excluding carboxylic acids is 1. The fourth-order valence-electron chi connectivity index (χ4n) is 3.60. The van der Waals surface area contributed by atoms with E-state index in [1.165, 1.54) is 44.6 Å². The van der Waals surface area contributed by atoms with Crippen LogP contribution in [0.2, 0.25) is 0 Å². The van der Waals surface area contributed by atoms with E-state index in [2.05, 4.69) is 22.4 Å². The Labute approximate surface area is 137 Å². The summed E-state index contributed by atoms with van der Waals surface area (Å²) >= 11 is 0. The fraction of sp³-hybridized carbons (Fsp3) is 0.526. The van der Waals surface area contributed by atoms with Crippen LogP contribution in [0, 0.1) is 5.92 Å². The van der Waals surface area contributed by atoms with Crippen molar-refractivity contribution in [2.24, 2.45) is 5.92 Å². The molecule has 0 saturated heterocycles. The van der Waals surface area contributed by atoms with Crippen LogP contribution in [-0.2, 0) is 16.0 Å². The Balaban J connectivity index is 1.67. The SMILES string of the molecule is COC(=O)[C@H](Cc1c[nH]c2ccccc12)NCC1CCCCC1. The maximum Gasteiger partial charge on any atom is 0.323 e. The van der Waals surface area contributed by atoms with Gasteiger partial charge in [0.25, 0.3) is 0 Å². The number of H-pyrrole nitrogens is 1. The average molecular weight is 314 g/mol. The van der Waals surface area contributed by atoms with E-state index in [9.17, 15) is 4.79 Å². The number of aromatic nitrogens is 1. The Hall–Kier alpha value is -1.81. The molecule has 0 spiro atoms. The number of ether oxygens (including phenoxy) is 1. The molecule has 0 amide bonds. The highest BCUT2D eigenvalue weighted by atomic mass is 16.5. The van der Waals surface area contributed by atoms with Crippen molar-refractivity contribution in [3.05, 3.63) is 36.0 Å². The summed E-state index contributed by atoms with van der Waals surface area (Å²) in [7, 11) is 1.47. The highest BCUT2D eigenvalue weighted by Crippen LogP contribution is 2.23. The second-order valence-corrected chi connectivity index (χ2v) is 6.55. The predicted molar refractivity (Wildman–Crippen MR) is 92.4 cm³/mol. The molecule has 0 unspecified atom stereocenters. The lowest BCUT2D eigenvalue weighted by Crippen LogP contribution is -2.42. The Kier molecular flexibility index (Phi) is 5.34. The van der Waals surface area contributed by atoms with Crippen LogP contribution in [0.3, 0.4) is 0 Å². The van der Waals surface area contributed by atoms with Crippen LogP contribution in [0.5, 0.6) is 0 Å². The quantitative estimate of drug-likeness (QED) is 0.803. The van der Waals surface area contributed by atoms with E-state index >= 15 is 0 Å². The van der Waals surface area contributed by atoms with E-state index in [1.54, 1.807) is 0 Å². The van der Waals surface area contributed by atoms with Gasteiger partial charge in [0, 0.05) is 23.5 Å². The van der Waals surface area contributed by atoms with E-state index in [4.69, 9.17) is 4.74 Å². The van der Waals surface area contributed by atoms with Gasteiger partial charge in [-0.3, -0.25) is 4.79 Å². The zero-order valence-electron chi connectivity index (χ0n) is 13.8. The number of rotatable bonds is 6. The molecule has 1 aromatic heterocycles. The average Bonchev–Trinajstić information content (AvgIpc) is 3.02. The second kappa shape index (κ2) is 7.64. The monoisotopic (exact) mass is 314 g/mol. The van der Waals surface area contributed by atoms with Gasteiger partial charge in [-0.1, -0.05) is 37.5 Å². The molecule has 2 aromatic rings. The lowest BCUT2D eigenvalue weighted by molar-refractivity contribution is -0.143. The molecule has 3 rings (SSSR count). The molecule has 4 heteroatoms. The first-order chi connectivity index (χ1) is 11.3. The summed E-state index contributed by atoms with van der Waals surface area (Å²) in [4.78, 5) is 15.4. The zero-order chi connectivity index (χ0) is 16.1. The van der Waals surface area contributed by atoms with Crippen LogP contribution in [0.25, 0.3) is 10.9 Å². The van der Waals surface area contributed by atoms with Crippen LogP contribution in [0.4, 0.5) is 0 Å². The number of hydrogen-bond donors (Lipinski definition) is 2. The Morgan fingerprint density at radius 3 is 2.87 bits per heavy atom. The molecule has 1 aliphatic rings. The molecule has 4 nitrogen and oxygen atoms in total. The number of methoxy groups -OCH3 is 1. The second-order valence-electron chi connectivity index (χ2n) is 6.55. The van der Waals surface area contributed by atoms with Crippen LogP contribution in [-0.4, -0.2) is 30.6 Å². The summed E-state index contributed by atoms with van der Waals surface area (Å²) < 4.78 is 5.00. The third-order valence-electron chi connectivity index (χ3n) is 4.96. The Morgan fingerprint density at radius 1 is 1.30 bits per heavy atom. The Bertz CT molecular complexity index is 644. The summed E-state index contributed by atoms with van der Waals surface area (Å²) in [6.07, 6.45) is 9.19. The molecule has 0 bridgehead atoms. The van der Waals surface area contributed by atoms with E-state index < -0.39 is 0 Å². The number of para-hydroxylation sites is 1. The highest BCUT2D eigenvalue weighted by molar-refractivity contribution is 5.84. The molecule has 1 aliphatic carbocycles. The molecule has 1 atom stereocenters. The van der Waals surface area contributed by atoms with Crippen LogP contribution >= 0.6 is 0 Å². The van der Waals surface area contributed by atoms with E-state index in [0.29, 0.717) is 12.3 Å². The van der Waals surface area contributed by atoms with Gasteiger partial charge in [-0.2, -0.15) is 0 Å². The number of nitrogens with one attached hydrogen (secondary N) is 2. The molecule has 1 aromatic carbocycles. The van der Waals surface area contributed by atoms with E-state index in [0.717, 1.165) is 17.6 Å². The number of fused-ring (bicyclic) bond motifs is 1. The van der Waals surface area contributed by atoms with Crippen molar-refractivity contribution in [2.45, 2.75) is 44.6 Å². The number of hydrogen-bond acceptors (Lipinski definition) is 3. The van der Waals surface area contributed by atoms with Gasteiger partial charge in [0.15, 0.2) is 0 Å². The maximum atomic E-state index is 12.2. The lowest BCUT2D eigenvalue weighted by atomic mass is 9.89. The van der Waals surface area contributed by atoms with Crippen molar-refractivity contribution in [3.8, 4) is 0 Å². The molecule has 1 heterocycles. The Morgan fingerprint density at radius 2 is 2.09 bits per heavy atom. The molecule has 0 radical (unpaired) electrons. The van der Waals surface area contributed by atoms with E-state index in [1.807, 2.05) is 18.3 Å².